The van der Waals surface area contributed by atoms with Crippen LogP contribution in [0, 0.1) is 0 Å². The van der Waals surface area contributed by atoms with Gasteiger partial charge in [0.05, 0.1) is 17.3 Å². The molecule has 16 heteroatoms. The van der Waals surface area contributed by atoms with Crippen LogP contribution in [-0.4, -0.2) is 97.2 Å². The van der Waals surface area contributed by atoms with E-state index in [1.807, 2.05) is 98.7 Å². The topological polar surface area (TPSA) is 212 Å². The molecule has 3 amide bonds. The number of hydrogen-bond donors (Lipinski definition) is 6. The summed E-state index contributed by atoms with van der Waals surface area (Å²) in [5.41, 5.74) is 12.2. The second kappa shape index (κ2) is 20.9. The minimum absolute atomic E-state index is 0.0158. The van der Waals surface area contributed by atoms with Gasteiger partial charge in [-0.15, -0.1) is 0 Å². The number of allylic oxidation sites excluding steroid dienone is 3. The van der Waals surface area contributed by atoms with Gasteiger partial charge in [-0.2, -0.15) is 0 Å². The number of ether oxygens (including phenoxy) is 1. The number of para-hydroxylation sites is 1. The Labute approximate surface area is 377 Å². The molecule has 7 N–H and O–H groups in total. The van der Waals surface area contributed by atoms with Crippen LogP contribution in [0.15, 0.2) is 101 Å². The highest BCUT2D eigenvalue weighted by atomic mass is 32.1. The van der Waals surface area contributed by atoms with Crippen LogP contribution < -0.4 is 36.2 Å². The number of unbranched alkanes of at least 4 members (excludes halogenated alkanes) is 2. The molecule has 0 saturated carbocycles. The highest BCUT2D eigenvalue weighted by Gasteiger charge is 2.30. The molecule has 1 aromatic heterocycles. The average Bonchev–Trinajstić information content (AvgIpc) is 3.67. The summed E-state index contributed by atoms with van der Waals surface area (Å²) in [6, 6.07) is 17.5. The maximum absolute atomic E-state index is 13.4. The van der Waals surface area contributed by atoms with E-state index in [9.17, 15) is 29.1 Å². The van der Waals surface area contributed by atoms with Crippen molar-refractivity contribution in [3.05, 3.63) is 113 Å². The first-order valence-electron chi connectivity index (χ1n) is 21.1. The van der Waals surface area contributed by atoms with E-state index < -0.39 is 29.9 Å². The third-order valence-electron chi connectivity index (χ3n) is 11.0. The molecule has 2 atom stereocenters. The fourth-order valence-electron chi connectivity index (χ4n) is 7.56. The van der Waals surface area contributed by atoms with E-state index in [0.29, 0.717) is 48.6 Å². The van der Waals surface area contributed by atoms with Gasteiger partial charge in [0, 0.05) is 111 Å². The Hall–Kier alpha value is -7.07. The van der Waals surface area contributed by atoms with Gasteiger partial charge >= 0.3 is 5.97 Å². The zero-order valence-electron chi connectivity index (χ0n) is 36.6. The summed E-state index contributed by atoms with van der Waals surface area (Å²) >= 11 is 5.49. The third kappa shape index (κ3) is 11.5. The zero-order valence-corrected chi connectivity index (χ0v) is 37.4. The van der Waals surface area contributed by atoms with Crippen LogP contribution in [0.1, 0.15) is 62.1 Å². The summed E-state index contributed by atoms with van der Waals surface area (Å²) in [5, 5.41) is 20.2. The van der Waals surface area contributed by atoms with Gasteiger partial charge in [-0.05, 0) is 92.0 Å². The molecule has 1 aliphatic heterocycles. The molecular formula is C48H54N8O7S. The van der Waals surface area contributed by atoms with E-state index >= 15 is 0 Å². The summed E-state index contributed by atoms with van der Waals surface area (Å²) in [7, 11) is 7.77. The number of aromatic nitrogens is 1. The number of aliphatic imine (C=N–C) groups is 1. The lowest BCUT2D eigenvalue weighted by Crippen LogP contribution is -2.52. The number of rotatable bonds is 18. The first-order valence-corrected chi connectivity index (χ1v) is 21.5. The number of H-pyrrole nitrogens is 1. The fraction of sp³-hybridized carbons (Fsp3) is 0.312. The second-order valence-electron chi connectivity index (χ2n) is 16.2. The molecule has 0 fully saturated rings. The number of nitrogens with zero attached hydrogens (tertiary/aromatic N) is 3. The number of hydrogen-bond acceptors (Lipinski definition) is 9. The van der Waals surface area contributed by atoms with Crippen molar-refractivity contribution in [1.29, 1.82) is 0 Å². The number of thiocarbonyl (C=S) groups is 1. The number of carboxylic acids is 1. The van der Waals surface area contributed by atoms with Crippen LogP contribution in [-0.2, 0) is 30.4 Å². The van der Waals surface area contributed by atoms with E-state index in [4.69, 9.17) is 22.7 Å². The van der Waals surface area contributed by atoms with Crippen molar-refractivity contribution in [2.24, 2.45) is 10.7 Å². The number of amides is 3. The fourth-order valence-corrected chi connectivity index (χ4v) is 7.77. The number of Topliss-reactive ketones (excluding diaryl/α,β-unsaturated/α-hetero) is 1. The Bertz CT molecular complexity index is 2550. The van der Waals surface area contributed by atoms with E-state index in [1.165, 1.54) is 13.0 Å². The first-order chi connectivity index (χ1) is 30.6. The molecule has 0 spiro atoms. The Morgan fingerprint density at radius 2 is 1.53 bits per heavy atom. The van der Waals surface area contributed by atoms with Crippen molar-refractivity contribution >= 4 is 80.4 Å². The highest BCUT2D eigenvalue weighted by Crippen LogP contribution is 2.48. The Morgan fingerprint density at radius 1 is 0.859 bits per heavy atom. The van der Waals surface area contributed by atoms with E-state index in [2.05, 4.69) is 25.9 Å². The number of aliphatic carboxylic acids is 1. The average molecular weight is 887 g/mol. The molecule has 3 aromatic carbocycles. The van der Waals surface area contributed by atoms with Gasteiger partial charge in [-0.1, -0.05) is 30.7 Å². The number of benzene rings is 3. The number of anilines is 2. The van der Waals surface area contributed by atoms with Crippen molar-refractivity contribution < 1.29 is 33.8 Å². The molecule has 2 heterocycles. The normalized spacial score (nSPS) is 14.4. The summed E-state index contributed by atoms with van der Waals surface area (Å²) in [4.78, 5) is 75.0. The number of aromatic amines is 1. The summed E-state index contributed by atoms with van der Waals surface area (Å²) in [6.45, 7) is 1.85. The lowest BCUT2D eigenvalue weighted by molar-refractivity contribution is -0.132. The van der Waals surface area contributed by atoms with Crippen LogP contribution in [0.5, 0.6) is 11.5 Å². The number of fused-ring (bicyclic) bond motifs is 3. The minimum Gasteiger partial charge on any atom is -0.478 e. The molecule has 4 aromatic rings. The standard InChI is InChI=1S/C48H54N8O7S/c1-28(57)40(23-29-27-51-38-12-9-8-11-33(29)38)54-46(60)39(20-21-43(49)58)53-44(59)13-7-6-10-22-50-48(64)52-30-14-17-34(37(24-30)47(61)62)45-35-18-15-31(55(2)3)25-41(35)63-42-26-32(56(4)5)16-19-36(42)45/h8-9,11-12,14-19,24-27,39-40,51H,6-7,10,13,20-23H2,1-5H3,(H2,49,58)(H,50,64)(H,53,59)(H,54,60)(H,61,62)/b52-30-/t39-,40-/m0/s1. The van der Waals surface area contributed by atoms with Gasteiger partial charge in [-0.25, -0.2) is 9.79 Å². The molecule has 0 unspecified atom stereocenters. The maximum atomic E-state index is 13.4. The van der Waals surface area contributed by atoms with Gasteiger partial charge in [-0.3, -0.25) is 19.2 Å². The number of primary amides is 1. The predicted octanol–water partition coefficient (Wildman–Crippen LogP) is 5.73. The van der Waals surface area contributed by atoms with Gasteiger partial charge in [0.25, 0.3) is 0 Å². The van der Waals surface area contributed by atoms with E-state index in [0.717, 1.165) is 44.5 Å². The lowest BCUT2D eigenvalue weighted by Gasteiger charge is -2.28. The largest absolute Gasteiger partial charge is 0.478 e. The molecule has 334 valence electrons. The van der Waals surface area contributed by atoms with E-state index in [1.54, 1.807) is 18.3 Å². The number of carbonyl (C=O) groups is 5. The lowest BCUT2D eigenvalue weighted by atomic mass is 9.84. The van der Waals surface area contributed by atoms with Crippen LogP contribution in [0.4, 0.5) is 11.4 Å². The summed E-state index contributed by atoms with van der Waals surface area (Å²) in [5.74, 6) is -1.70. The van der Waals surface area contributed by atoms with Gasteiger partial charge < -0.3 is 46.3 Å². The molecule has 0 saturated heterocycles. The van der Waals surface area contributed by atoms with Crippen LogP contribution in [0.3, 0.4) is 0 Å². The van der Waals surface area contributed by atoms with Crippen molar-refractivity contribution in [3.63, 3.8) is 0 Å². The molecule has 2 aliphatic rings. The van der Waals surface area contributed by atoms with Gasteiger partial charge in [0.15, 0.2) is 10.9 Å². The minimum atomic E-state index is -1.12. The number of nitrogens with two attached hydrogens (primary N) is 1. The first kappa shape index (κ1) is 46.4. The van der Waals surface area contributed by atoms with Crippen LogP contribution >= 0.6 is 12.2 Å². The molecule has 64 heavy (non-hydrogen) atoms. The van der Waals surface area contributed by atoms with Crippen molar-refractivity contribution in [2.45, 2.75) is 64.0 Å². The number of nitrogens with one attached hydrogen (secondary N) is 4. The van der Waals surface area contributed by atoms with Crippen LogP contribution in [0.2, 0.25) is 0 Å². The Kier molecular flexibility index (Phi) is 15.1. The quantitative estimate of drug-likeness (QED) is 0.0462. The Balaban J connectivity index is 1.04. The van der Waals surface area contributed by atoms with Crippen molar-refractivity contribution in [3.8, 4) is 11.5 Å². The monoisotopic (exact) mass is 886 g/mol. The smallest absolute Gasteiger partial charge is 0.336 e. The number of carboxylic acid groups (broad SMARTS) is 1. The highest BCUT2D eigenvalue weighted by molar-refractivity contribution is 7.80. The molecule has 0 bridgehead atoms. The number of carbonyl (C=O) groups excluding carboxylic acids is 4. The van der Waals surface area contributed by atoms with Crippen LogP contribution in [0.25, 0.3) is 16.5 Å². The maximum Gasteiger partial charge on any atom is 0.336 e. The van der Waals surface area contributed by atoms with Gasteiger partial charge in [0.2, 0.25) is 17.7 Å². The van der Waals surface area contributed by atoms with Crippen molar-refractivity contribution in [1.82, 2.24) is 20.9 Å². The molecule has 1 aliphatic carbocycles. The molecule has 15 nitrogen and oxygen atoms in total. The molecule has 6 rings (SSSR count). The third-order valence-corrected chi connectivity index (χ3v) is 11.3. The summed E-state index contributed by atoms with van der Waals surface area (Å²) in [6.07, 6.45) is 8.83. The van der Waals surface area contributed by atoms with E-state index in [-0.39, 0.29) is 48.1 Å². The second-order valence-corrected chi connectivity index (χ2v) is 16.6. The zero-order chi connectivity index (χ0) is 46.1. The van der Waals surface area contributed by atoms with Crippen molar-refractivity contribution in [2.75, 3.05) is 44.5 Å². The Morgan fingerprint density at radius 3 is 2.16 bits per heavy atom. The number of ketones is 1. The SMILES string of the molecule is CC(=O)[C@H](Cc1c[nH]c2ccccc12)NC(=O)[C@H](CCC(N)=O)NC(=O)CCCCCNC(=S)/N=C1/C=CC(=C2c3ccc(N(C)C)cc3Oc3cc(N(C)C)ccc32)C(C(=O)O)=C1. The van der Waals surface area contributed by atoms with Gasteiger partial charge in [0.1, 0.15) is 17.5 Å². The molecule has 0 radical (unpaired) electrons. The predicted molar refractivity (Wildman–Crippen MR) is 254 cm³/mol. The summed E-state index contributed by atoms with van der Waals surface area (Å²) < 4.78 is 6.42. The molecular weight excluding hydrogens is 833 g/mol.